The van der Waals surface area contributed by atoms with Crippen LogP contribution in [-0.2, 0) is 6.42 Å². The molecule has 1 N–H and O–H groups in total. The normalized spacial score (nSPS) is 10.2. The standard InChI is InChI=1S/C17H18O3/c1-20-17-12-14(10-11-16(17)19)15(18)9-5-8-13-6-3-2-4-7-13/h2-4,6-7,10-12,19H,5,8-9H2,1H3. The van der Waals surface area contributed by atoms with Gasteiger partial charge < -0.3 is 9.84 Å². The molecule has 0 saturated carbocycles. The van der Waals surface area contributed by atoms with E-state index in [1.807, 2.05) is 18.2 Å². The molecule has 0 spiro atoms. The molecule has 3 nitrogen and oxygen atoms in total. The molecule has 3 heteroatoms. The van der Waals surface area contributed by atoms with E-state index in [-0.39, 0.29) is 11.5 Å². The van der Waals surface area contributed by atoms with Gasteiger partial charge >= 0.3 is 0 Å². The van der Waals surface area contributed by atoms with Crippen LogP contribution in [0.4, 0.5) is 0 Å². The molecule has 2 aromatic carbocycles. The smallest absolute Gasteiger partial charge is 0.163 e. The third-order valence-electron chi connectivity index (χ3n) is 3.21. The zero-order valence-electron chi connectivity index (χ0n) is 11.5. The van der Waals surface area contributed by atoms with Gasteiger partial charge in [0.15, 0.2) is 17.3 Å². The Hall–Kier alpha value is -2.29. The van der Waals surface area contributed by atoms with Crippen molar-refractivity contribution >= 4 is 5.78 Å². The Labute approximate surface area is 118 Å². The van der Waals surface area contributed by atoms with Crippen molar-refractivity contribution in [2.45, 2.75) is 19.3 Å². The second-order valence-electron chi connectivity index (χ2n) is 4.65. The molecule has 2 rings (SSSR count). The van der Waals surface area contributed by atoms with Gasteiger partial charge in [-0.1, -0.05) is 30.3 Å². The summed E-state index contributed by atoms with van der Waals surface area (Å²) >= 11 is 0. The molecule has 0 aliphatic rings. The Morgan fingerprint density at radius 2 is 1.90 bits per heavy atom. The number of benzene rings is 2. The quantitative estimate of drug-likeness (QED) is 0.816. The van der Waals surface area contributed by atoms with Crippen LogP contribution in [0.15, 0.2) is 48.5 Å². The first-order chi connectivity index (χ1) is 9.70. The minimum Gasteiger partial charge on any atom is -0.504 e. The van der Waals surface area contributed by atoms with E-state index in [0.29, 0.717) is 17.7 Å². The molecule has 20 heavy (non-hydrogen) atoms. The molecule has 0 aromatic heterocycles. The van der Waals surface area contributed by atoms with Gasteiger partial charge in [-0.3, -0.25) is 4.79 Å². The van der Waals surface area contributed by atoms with Gasteiger partial charge in [-0.2, -0.15) is 0 Å². The van der Waals surface area contributed by atoms with E-state index in [0.717, 1.165) is 12.8 Å². The number of ketones is 1. The Kier molecular flexibility index (Phi) is 4.77. The summed E-state index contributed by atoms with van der Waals surface area (Å²) in [7, 11) is 1.47. The number of hydrogen-bond acceptors (Lipinski definition) is 3. The molecule has 0 atom stereocenters. The van der Waals surface area contributed by atoms with E-state index < -0.39 is 0 Å². The molecule has 104 valence electrons. The highest BCUT2D eigenvalue weighted by atomic mass is 16.5. The molecule has 0 radical (unpaired) electrons. The molecule has 0 unspecified atom stereocenters. The minimum atomic E-state index is 0.0494. The molecule has 0 aliphatic heterocycles. The summed E-state index contributed by atoms with van der Waals surface area (Å²) in [5.41, 5.74) is 1.82. The van der Waals surface area contributed by atoms with Crippen LogP contribution in [0.3, 0.4) is 0 Å². The summed E-state index contributed by atoms with van der Waals surface area (Å²) in [6, 6.07) is 14.8. The van der Waals surface area contributed by atoms with Crippen LogP contribution in [0.1, 0.15) is 28.8 Å². The molecule has 0 bridgehead atoms. The van der Waals surface area contributed by atoms with Crippen LogP contribution >= 0.6 is 0 Å². The summed E-state index contributed by atoms with van der Waals surface area (Å²) in [6.07, 6.45) is 2.19. The van der Waals surface area contributed by atoms with Crippen LogP contribution in [0.2, 0.25) is 0 Å². The van der Waals surface area contributed by atoms with E-state index in [9.17, 15) is 9.90 Å². The molecule has 2 aromatic rings. The second-order valence-corrected chi connectivity index (χ2v) is 4.65. The Balaban J connectivity index is 1.92. The number of aromatic hydroxyl groups is 1. The van der Waals surface area contributed by atoms with E-state index in [1.165, 1.54) is 18.7 Å². The molecular formula is C17H18O3. The van der Waals surface area contributed by atoms with Crippen molar-refractivity contribution in [2.24, 2.45) is 0 Å². The lowest BCUT2D eigenvalue weighted by Crippen LogP contribution is -2.00. The first kappa shape index (κ1) is 14.1. The topological polar surface area (TPSA) is 46.5 Å². The Morgan fingerprint density at radius 1 is 1.15 bits per heavy atom. The lowest BCUT2D eigenvalue weighted by Gasteiger charge is -2.06. The van der Waals surface area contributed by atoms with Crippen molar-refractivity contribution in [2.75, 3.05) is 7.11 Å². The maximum absolute atomic E-state index is 12.1. The summed E-state index contributed by atoms with van der Waals surface area (Å²) < 4.78 is 5.01. The van der Waals surface area contributed by atoms with Gasteiger partial charge in [-0.05, 0) is 36.6 Å². The lowest BCUT2D eigenvalue weighted by molar-refractivity contribution is 0.0980. The largest absolute Gasteiger partial charge is 0.504 e. The van der Waals surface area contributed by atoms with Gasteiger partial charge in [0.2, 0.25) is 0 Å². The predicted octanol–water partition coefficient (Wildman–Crippen LogP) is 3.61. The minimum absolute atomic E-state index is 0.0494. The number of phenols is 1. The van der Waals surface area contributed by atoms with Crippen LogP contribution in [0.5, 0.6) is 11.5 Å². The molecule has 0 aliphatic carbocycles. The predicted molar refractivity (Wildman–Crippen MR) is 78.4 cm³/mol. The first-order valence-corrected chi connectivity index (χ1v) is 6.65. The van der Waals surface area contributed by atoms with Crippen molar-refractivity contribution in [1.29, 1.82) is 0 Å². The Bertz CT molecular complexity index is 576. The van der Waals surface area contributed by atoms with Crippen LogP contribution in [-0.4, -0.2) is 18.0 Å². The van der Waals surface area contributed by atoms with Gasteiger partial charge in [0, 0.05) is 12.0 Å². The zero-order valence-corrected chi connectivity index (χ0v) is 11.5. The average Bonchev–Trinajstić information content (AvgIpc) is 2.48. The number of Topliss-reactive ketones (excluding diaryl/α,β-unsaturated/α-hetero) is 1. The fourth-order valence-electron chi connectivity index (χ4n) is 2.09. The number of ether oxygens (including phenoxy) is 1. The van der Waals surface area contributed by atoms with E-state index >= 15 is 0 Å². The summed E-state index contributed by atoms with van der Waals surface area (Å²) in [4.78, 5) is 12.1. The highest BCUT2D eigenvalue weighted by molar-refractivity contribution is 5.96. The third-order valence-corrected chi connectivity index (χ3v) is 3.21. The number of methoxy groups -OCH3 is 1. The monoisotopic (exact) mass is 270 g/mol. The van der Waals surface area contributed by atoms with Crippen molar-refractivity contribution in [3.63, 3.8) is 0 Å². The number of phenolic OH excluding ortho intramolecular Hbond substituents is 1. The van der Waals surface area contributed by atoms with Crippen LogP contribution in [0, 0.1) is 0 Å². The number of hydrogen-bond donors (Lipinski definition) is 1. The van der Waals surface area contributed by atoms with Crippen molar-refractivity contribution in [1.82, 2.24) is 0 Å². The van der Waals surface area contributed by atoms with E-state index in [2.05, 4.69) is 12.1 Å². The molecular weight excluding hydrogens is 252 g/mol. The van der Waals surface area contributed by atoms with Gasteiger partial charge in [-0.15, -0.1) is 0 Å². The Morgan fingerprint density at radius 3 is 2.60 bits per heavy atom. The molecule has 0 fully saturated rings. The van der Waals surface area contributed by atoms with Gasteiger partial charge in [0.1, 0.15) is 0 Å². The van der Waals surface area contributed by atoms with Gasteiger partial charge in [0.25, 0.3) is 0 Å². The maximum atomic E-state index is 12.1. The fraction of sp³-hybridized carbons (Fsp3) is 0.235. The summed E-state index contributed by atoms with van der Waals surface area (Å²) in [6.45, 7) is 0. The fourth-order valence-corrected chi connectivity index (χ4v) is 2.09. The van der Waals surface area contributed by atoms with Crippen LogP contribution in [0.25, 0.3) is 0 Å². The van der Waals surface area contributed by atoms with E-state index in [1.54, 1.807) is 12.1 Å². The average molecular weight is 270 g/mol. The van der Waals surface area contributed by atoms with Crippen molar-refractivity contribution < 1.29 is 14.6 Å². The molecule has 0 saturated heterocycles. The summed E-state index contributed by atoms with van der Waals surface area (Å²) in [5.74, 6) is 0.450. The maximum Gasteiger partial charge on any atom is 0.163 e. The number of aryl methyl sites for hydroxylation is 1. The third kappa shape index (κ3) is 3.60. The molecule has 0 heterocycles. The van der Waals surface area contributed by atoms with E-state index in [4.69, 9.17) is 4.74 Å². The van der Waals surface area contributed by atoms with Gasteiger partial charge in [-0.25, -0.2) is 0 Å². The zero-order chi connectivity index (χ0) is 14.4. The van der Waals surface area contributed by atoms with Gasteiger partial charge in [0.05, 0.1) is 7.11 Å². The highest BCUT2D eigenvalue weighted by Crippen LogP contribution is 2.26. The summed E-state index contributed by atoms with van der Waals surface area (Å²) in [5, 5.41) is 9.51. The molecule has 0 amide bonds. The number of rotatable bonds is 6. The van der Waals surface area contributed by atoms with Crippen LogP contribution < -0.4 is 4.74 Å². The highest BCUT2D eigenvalue weighted by Gasteiger charge is 2.09. The lowest BCUT2D eigenvalue weighted by atomic mass is 10.0. The SMILES string of the molecule is COc1cc(C(=O)CCCc2ccccc2)ccc1O. The van der Waals surface area contributed by atoms with Crippen molar-refractivity contribution in [3.8, 4) is 11.5 Å². The first-order valence-electron chi connectivity index (χ1n) is 6.65. The number of carbonyl (C=O) groups is 1. The van der Waals surface area contributed by atoms with Crippen molar-refractivity contribution in [3.05, 3.63) is 59.7 Å². The second kappa shape index (κ2) is 6.75. The number of carbonyl (C=O) groups excluding carboxylic acids is 1.